The highest BCUT2D eigenvalue weighted by atomic mass is 16.5. The van der Waals surface area contributed by atoms with E-state index in [-0.39, 0.29) is 6.03 Å². The lowest BCUT2D eigenvalue weighted by molar-refractivity contribution is 0.247. The summed E-state index contributed by atoms with van der Waals surface area (Å²) in [5.74, 6) is 0.850. The summed E-state index contributed by atoms with van der Waals surface area (Å²) in [7, 11) is 0. The fraction of sp³-hybridized carbons (Fsp3) is 0.381. The Kier molecular flexibility index (Phi) is 6.36. The summed E-state index contributed by atoms with van der Waals surface area (Å²) in [6.07, 6.45) is 3.84. The summed E-state index contributed by atoms with van der Waals surface area (Å²) in [5.41, 5.74) is 3.11. The Balaban J connectivity index is 1.39. The zero-order valence-electron chi connectivity index (χ0n) is 15.3. The van der Waals surface area contributed by atoms with Gasteiger partial charge in [0.2, 0.25) is 0 Å². The van der Waals surface area contributed by atoms with Gasteiger partial charge in [-0.2, -0.15) is 0 Å². The first kappa shape index (κ1) is 18.1. The van der Waals surface area contributed by atoms with Gasteiger partial charge in [0.1, 0.15) is 12.4 Å². The number of benzene rings is 2. The van der Waals surface area contributed by atoms with Crippen LogP contribution in [0.4, 0.5) is 16.2 Å². The molecule has 2 aromatic carbocycles. The highest BCUT2D eigenvalue weighted by Gasteiger charge is 2.10. The minimum atomic E-state index is -0.218. The maximum atomic E-state index is 12.0. The van der Waals surface area contributed by atoms with Crippen LogP contribution in [-0.4, -0.2) is 32.3 Å². The Morgan fingerprint density at radius 3 is 2.50 bits per heavy atom. The van der Waals surface area contributed by atoms with Gasteiger partial charge in [-0.05, 0) is 62.1 Å². The molecule has 0 unspecified atom stereocenters. The average molecular weight is 353 g/mol. The largest absolute Gasteiger partial charge is 0.491 e. The van der Waals surface area contributed by atoms with Gasteiger partial charge < -0.3 is 20.3 Å². The Labute approximate surface area is 155 Å². The number of nitrogens with one attached hydrogen (secondary N) is 2. The van der Waals surface area contributed by atoms with Crippen molar-refractivity contribution in [3.8, 4) is 5.75 Å². The number of hydrogen-bond acceptors (Lipinski definition) is 3. The van der Waals surface area contributed by atoms with E-state index in [4.69, 9.17) is 4.74 Å². The van der Waals surface area contributed by atoms with Crippen molar-refractivity contribution in [3.05, 3.63) is 54.1 Å². The molecule has 5 nitrogen and oxygen atoms in total. The molecule has 1 fully saturated rings. The van der Waals surface area contributed by atoms with Crippen molar-refractivity contribution in [2.45, 2.75) is 26.2 Å². The van der Waals surface area contributed by atoms with Gasteiger partial charge in [-0.3, -0.25) is 0 Å². The van der Waals surface area contributed by atoms with Crippen molar-refractivity contribution in [1.29, 1.82) is 0 Å². The Bertz CT molecular complexity index is 709. The maximum absolute atomic E-state index is 12.0. The van der Waals surface area contributed by atoms with Gasteiger partial charge in [0.15, 0.2) is 0 Å². The summed E-state index contributed by atoms with van der Waals surface area (Å²) in [6.45, 7) is 5.13. The first-order valence-corrected chi connectivity index (χ1v) is 9.31. The molecular formula is C21H27N3O2. The van der Waals surface area contributed by atoms with Crippen molar-refractivity contribution < 1.29 is 9.53 Å². The molecule has 0 spiro atoms. The number of piperidine rings is 1. The van der Waals surface area contributed by atoms with Gasteiger partial charge in [-0.15, -0.1) is 0 Å². The number of rotatable bonds is 6. The molecule has 2 amide bonds. The van der Waals surface area contributed by atoms with Gasteiger partial charge in [0, 0.05) is 24.5 Å². The summed E-state index contributed by atoms with van der Waals surface area (Å²) in [5, 5.41) is 5.67. The zero-order chi connectivity index (χ0) is 18.2. The van der Waals surface area contributed by atoms with E-state index >= 15 is 0 Å². The van der Waals surface area contributed by atoms with Crippen LogP contribution in [-0.2, 0) is 0 Å². The molecule has 1 saturated heterocycles. The van der Waals surface area contributed by atoms with Crippen LogP contribution >= 0.6 is 0 Å². The molecule has 0 radical (unpaired) electrons. The van der Waals surface area contributed by atoms with Crippen molar-refractivity contribution in [2.24, 2.45) is 0 Å². The second-order valence-electron chi connectivity index (χ2n) is 6.59. The summed E-state index contributed by atoms with van der Waals surface area (Å²) < 4.78 is 5.67. The van der Waals surface area contributed by atoms with E-state index in [1.807, 2.05) is 43.3 Å². The Hall–Kier alpha value is -2.69. The summed E-state index contributed by atoms with van der Waals surface area (Å²) in [4.78, 5) is 14.4. The van der Waals surface area contributed by atoms with Crippen molar-refractivity contribution in [3.63, 3.8) is 0 Å². The number of ether oxygens (including phenoxy) is 1. The number of urea groups is 1. The van der Waals surface area contributed by atoms with Gasteiger partial charge >= 0.3 is 6.03 Å². The highest BCUT2D eigenvalue weighted by molar-refractivity contribution is 5.89. The summed E-state index contributed by atoms with van der Waals surface area (Å²) >= 11 is 0. The van der Waals surface area contributed by atoms with Crippen LogP contribution in [0.1, 0.15) is 24.8 Å². The molecule has 2 N–H and O–H groups in total. The van der Waals surface area contributed by atoms with Crippen LogP contribution in [0.15, 0.2) is 48.5 Å². The zero-order valence-corrected chi connectivity index (χ0v) is 15.3. The highest BCUT2D eigenvalue weighted by Crippen LogP contribution is 2.21. The van der Waals surface area contributed by atoms with Crippen LogP contribution in [0, 0.1) is 6.92 Å². The molecule has 1 aliphatic heterocycles. The third-order valence-electron chi connectivity index (χ3n) is 4.59. The minimum absolute atomic E-state index is 0.218. The maximum Gasteiger partial charge on any atom is 0.319 e. The molecule has 1 aliphatic rings. The second-order valence-corrected chi connectivity index (χ2v) is 6.59. The monoisotopic (exact) mass is 353 g/mol. The molecule has 5 heteroatoms. The molecule has 0 aliphatic carbocycles. The average Bonchev–Trinajstić information content (AvgIpc) is 2.68. The molecule has 3 rings (SSSR count). The third kappa shape index (κ3) is 5.15. The number of hydrogen-bond donors (Lipinski definition) is 2. The molecule has 26 heavy (non-hydrogen) atoms. The number of carbonyl (C=O) groups excluding carboxylic acids is 1. The molecule has 0 atom stereocenters. The van der Waals surface area contributed by atoms with E-state index in [2.05, 4.69) is 27.7 Å². The van der Waals surface area contributed by atoms with Gasteiger partial charge in [-0.1, -0.05) is 18.2 Å². The van der Waals surface area contributed by atoms with Crippen LogP contribution < -0.4 is 20.3 Å². The molecule has 138 valence electrons. The summed E-state index contributed by atoms with van der Waals surface area (Å²) in [6, 6.07) is 15.7. The minimum Gasteiger partial charge on any atom is -0.491 e. The predicted molar refractivity (Wildman–Crippen MR) is 106 cm³/mol. The third-order valence-corrected chi connectivity index (χ3v) is 4.59. The number of para-hydroxylation sites is 1. The van der Waals surface area contributed by atoms with E-state index in [1.54, 1.807) is 0 Å². The van der Waals surface area contributed by atoms with Crippen molar-refractivity contribution in [1.82, 2.24) is 5.32 Å². The lowest BCUT2D eigenvalue weighted by Crippen LogP contribution is -2.32. The molecule has 0 bridgehead atoms. The van der Waals surface area contributed by atoms with E-state index in [0.29, 0.717) is 13.2 Å². The quantitative estimate of drug-likeness (QED) is 0.766. The van der Waals surface area contributed by atoms with Gasteiger partial charge in [-0.25, -0.2) is 4.79 Å². The molecule has 1 heterocycles. The molecule has 0 aromatic heterocycles. The predicted octanol–water partition coefficient (Wildman–Crippen LogP) is 4.19. The van der Waals surface area contributed by atoms with Crippen LogP contribution in [0.3, 0.4) is 0 Å². The SMILES string of the molecule is Cc1ccccc1OCCNC(=O)Nc1ccc(N2CCCCC2)cc1. The molecule has 2 aromatic rings. The standard InChI is InChI=1S/C21H27N3O2/c1-17-7-3-4-8-20(17)26-16-13-22-21(25)23-18-9-11-19(12-10-18)24-14-5-2-6-15-24/h3-4,7-12H,2,5-6,13-16H2,1H3,(H2,22,23,25). The number of carbonyl (C=O) groups is 1. The first-order valence-electron chi connectivity index (χ1n) is 9.31. The van der Waals surface area contributed by atoms with E-state index in [0.717, 1.165) is 30.1 Å². The van der Waals surface area contributed by atoms with E-state index in [9.17, 15) is 4.79 Å². The van der Waals surface area contributed by atoms with Gasteiger partial charge in [0.05, 0.1) is 6.54 Å². The van der Waals surface area contributed by atoms with Crippen molar-refractivity contribution >= 4 is 17.4 Å². The number of amides is 2. The van der Waals surface area contributed by atoms with Crippen LogP contribution in [0.5, 0.6) is 5.75 Å². The van der Waals surface area contributed by atoms with E-state index < -0.39 is 0 Å². The Morgan fingerprint density at radius 2 is 1.77 bits per heavy atom. The second kappa shape index (κ2) is 9.13. The number of anilines is 2. The fourth-order valence-electron chi connectivity index (χ4n) is 3.13. The van der Waals surface area contributed by atoms with Crippen LogP contribution in [0.2, 0.25) is 0 Å². The lowest BCUT2D eigenvalue weighted by atomic mass is 10.1. The number of nitrogens with zero attached hydrogens (tertiary/aromatic N) is 1. The first-order chi connectivity index (χ1) is 12.7. The normalized spacial score (nSPS) is 14.0. The molecular weight excluding hydrogens is 326 g/mol. The van der Waals surface area contributed by atoms with Gasteiger partial charge in [0.25, 0.3) is 0 Å². The molecule has 0 saturated carbocycles. The fourth-order valence-corrected chi connectivity index (χ4v) is 3.13. The topological polar surface area (TPSA) is 53.6 Å². The van der Waals surface area contributed by atoms with Crippen molar-refractivity contribution in [2.75, 3.05) is 36.5 Å². The van der Waals surface area contributed by atoms with Crippen LogP contribution in [0.25, 0.3) is 0 Å². The number of aryl methyl sites for hydroxylation is 1. The smallest absolute Gasteiger partial charge is 0.319 e. The Morgan fingerprint density at radius 1 is 1.04 bits per heavy atom. The lowest BCUT2D eigenvalue weighted by Gasteiger charge is -2.28. The van der Waals surface area contributed by atoms with E-state index in [1.165, 1.54) is 24.9 Å².